The van der Waals surface area contributed by atoms with Gasteiger partial charge in [0.05, 0.1) is 16.3 Å². The number of anilines is 2. The molecule has 9 heteroatoms. The summed E-state index contributed by atoms with van der Waals surface area (Å²) in [6, 6.07) is 9.17. The number of piperidine rings is 2. The highest BCUT2D eigenvalue weighted by Crippen LogP contribution is 2.31. The lowest BCUT2D eigenvalue weighted by Gasteiger charge is -2.32. The van der Waals surface area contributed by atoms with Gasteiger partial charge in [0.1, 0.15) is 11.6 Å². The fraction of sp³-hybridized carbons (Fsp3) is 0.435. The van der Waals surface area contributed by atoms with Crippen molar-refractivity contribution >= 4 is 27.3 Å². The highest BCUT2D eigenvalue weighted by atomic mass is 32.2. The van der Waals surface area contributed by atoms with Crippen LogP contribution in [-0.2, 0) is 14.8 Å². The lowest BCUT2D eigenvalue weighted by Crippen LogP contribution is -2.41. The molecule has 4 rings (SSSR count). The molecule has 0 spiro atoms. The van der Waals surface area contributed by atoms with Crippen LogP contribution in [0.1, 0.15) is 32.1 Å². The molecule has 0 aliphatic carbocycles. The number of hydrogen-bond acceptors (Lipinski definition) is 4. The minimum absolute atomic E-state index is 0.0349. The Bertz CT molecular complexity index is 1060. The molecule has 2 aliphatic rings. The van der Waals surface area contributed by atoms with E-state index in [1.54, 1.807) is 6.07 Å². The maximum atomic E-state index is 13.9. The lowest BCUT2D eigenvalue weighted by atomic mass is 9.97. The SMILES string of the molecule is O=C(Nc1cc(F)ccc1N1CCCCC1)C1CCN(S(=O)(=O)c2ccc(F)cc2)CC1. The number of nitrogens with one attached hydrogen (secondary N) is 1. The summed E-state index contributed by atoms with van der Waals surface area (Å²) < 4.78 is 53.9. The lowest BCUT2D eigenvalue weighted by molar-refractivity contribution is -0.120. The van der Waals surface area contributed by atoms with Gasteiger partial charge in [-0.05, 0) is 74.6 Å². The summed E-state index contributed by atoms with van der Waals surface area (Å²) in [7, 11) is -3.73. The summed E-state index contributed by atoms with van der Waals surface area (Å²) in [6.45, 7) is 2.13. The second-order valence-corrected chi connectivity index (χ2v) is 10.3. The van der Waals surface area contributed by atoms with Gasteiger partial charge in [0.15, 0.2) is 0 Å². The van der Waals surface area contributed by atoms with E-state index in [1.165, 1.54) is 35.0 Å². The van der Waals surface area contributed by atoms with E-state index in [4.69, 9.17) is 0 Å². The number of amides is 1. The summed E-state index contributed by atoms with van der Waals surface area (Å²) in [5.74, 6) is -1.51. The summed E-state index contributed by atoms with van der Waals surface area (Å²) >= 11 is 0. The maximum absolute atomic E-state index is 13.9. The van der Waals surface area contributed by atoms with Crippen LogP contribution in [0.5, 0.6) is 0 Å². The fourth-order valence-electron chi connectivity index (χ4n) is 4.37. The van der Waals surface area contributed by atoms with Gasteiger partial charge < -0.3 is 10.2 Å². The predicted molar refractivity (Wildman–Crippen MR) is 119 cm³/mol. The van der Waals surface area contributed by atoms with Gasteiger partial charge in [-0.15, -0.1) is 0 Å². The van der Waals surface area contributed by atoms with Crippen molar-refractivity contribution in [2.24, 2.45) is 5.92 Å². The van der Waals surface area contributed by atoms with Gasteiger partial charge in [0.25, 0.3) is 0 Å². The van der Waals surface area contributed by atoms with Gasteiger partial charge in [-0.2, -0.15) is 4.31 Å². The number of nitrogens with zero attached hydrogens (tertiary/aromatic N) is 2. The molecule has 0 unspecified atom stereocenters. The average Bonchev–Trinajstić information content (AvgIpc) is 2.80. The molecule has 2 fully saturated rings. The third-order valence-corrected chi connectivity index (χ3v) is 8.10. The Kier molecular flexibility index (Phi) is 6.76. The highest BCUT2D eigenvalue weighted by Gasteiger charge is 2.32. The quantitative estimate of drug-likeness (QED) is 0.728. The first-order chi connectivity index (χ1) is 15.3. The van der Waals surface area contributed by atoms with Gasteiger partial charge in [-0.1, -0.05) is 0 Å². The maximum Gasteiger partial charge on any atom is 0.243 e. The van der Waals surface area contributed by atoms with Gasteiger partial charge in [-0.3, -0.25) is 4.79 Å². The second kappa shape index (κ2) is 9.54. The van der Waals surface area contributed by atoms with Crippen molar-refractivity contribution in [1.82, 2.24) is 4.31 Å². The third-order valence-electron chi connectivity index (χ3n) is 6.19. The first-order valence-corrected chi connectivity index (χ1v) is 12.4. The molecular weight excluding hydrogens is 436 g/mol. The molecule has 1 N–H and O–H groups in total. The number of rotatable bonds is 5. The van der Waals surface area contributed by atoms with Crippen molar-refractivity contribution < 1.29 is 22.0 Å². The second-order valence-electron chi connectivity index (χ2n) is 8.33. The molecule has 0 radical (unpaired) electrons. The van der Waals surface area contributed by atoms with E-state index in [9.17, 15) is 22.0 Å². The van der Waals surface area contributed by atoms with Crippen LogP contribution in [-0.4, -0.2) is 44.8 Å². The highest BCUT2D eigenvalue weighted by molar-refractivity contribution is 7.89. The Balaban J connectivity index is 1.41. The fourth-order valence-corrected chi connectivity index (χ4v) is 5.84. The molecule has 2 heterocycles. The van der Waals surface area contributed by atoms with Crippen molar-refractivity contribution in [2.75, 3.05) is 36.4 Å². The van der Waals surface area contributed by atoms with Crippen LogP contribution in [0.2, 0.25) is 0 Å². The van der Waals surface area contributed by atoms with Crippen LogP contribution >= 0.6 is 0 Å². The van der Waals surface area contributed by atoms with Crippen molar-refractivity contribution in [1.29, 1.82) is 0 Å². The molecule has 6 nitrogen and oxygen atoms in total. The minimum Gasteiger partial charge on any atom is -0.370 e. The normalized spacial score (nSPS) is 18.5. The zero-order valence-electron chi connectivity index (χ0n) is 17.8. The van der Waals surface area contributed by atoms with Crippen molar-refractivity contribution in [3.8, 4) is 0 Å². The van der Waals surface area contributed by atoms with Crippen LogP contribution in [0.3, 0.4) is 0 Å². The Morgan fingerprint density at radius 3 is 2.16 bits per heavy atom. The Hall–Kier alpha value is -2.52. The summed E-state index contributed by atoms with van der Waals surface area (Å²) in [6.07, 6.45) is 4.01. The summed E-state index contributed by atoms with van der Waals surface area (Å²) in [4.78, 5) is 15.1. The van der Waals surface area contributed by atoms with Crippen LogP contribution in [0, 0.1) is 17.6 Å². The van der Waals surface area contributed by atoms with Crippen molar-refractivity contribution in [3.63, 3.8) is 0 Å². The van der Waals surface area contributed by atoms with Gasteiger partial charge in [0, 0.05) is 32.1 Å². The van der Waals surface area contributed by atoms with Crippen molar-refractivity contribution in [2.45, 2.75) is 37.0 Å². The van der Waals surface area contributed by atoms with Gasteiger partial charge in [-0.25, -0.2) is 17.2 Å². The molecule has 32 heavy (non-hydrogen) atoms. The number of benzene rings is 2. The Labute approximate surface area is 187 Å². The number of carbonyl (C=O) groups is 1. The van der Waals surface area contributed by atoms with Gasteiger partial charge >= 0.3 is 0 Å². The summed E-state index contributed by atoms with van der Waals surface area (Å²) in [5.41, 5.74) is 1.27. The van der Waals surface area contributed by atoms with E-state index in [-0.39, 0.29) is 29.8 Å². The minimum atomic E-state index is -3.73. The van der Waals surface area contributed by atoms with E-state index in [1.807, 2.05) is 0 Å². The van der Waals surface area contributed by atoms with Crippen LogP contribution in [0.4, 0.5) is 20.2 Å². The average molecular weight is 464 g/mol. The Morgan fingerprint density at radius 2 is 1.50 bits per heavy atom. The molecule has 2 aromatic carbocycles. The molecule has 0 bridgehead atoms. The largest absolute Gasteiger partial charge is 0.370 e. The number of sulfonamides is 1. The van der Waals surface area contributed by atoms with E-state index >= 15 is 0 Å². The monoisotopic (exact) mass is 463 g/mol. The first kappa shape index (κ1) is 22.7. The smallest absolute Gasteiger partial charge is 0.243 e. The molecular formula is C23H27F2N3O3S. The van der Waals surface area contributed by atoms with Crippen LogP contribution in [0.15, 0.2) is 47.4 Å². The topological polar surface area (TPSA) is 69.7 Å². The zero-order chi connectivity index (χ0) is 22.7. The molecule has 0 aromatic heterocycles. The predicted octanol–water partition coefficient (Wildman–Crippen LogP) is 3.99. The summed E-state index contributed by atoms with van der Waals surface area (Å²) in [5, 5.41) is 2.88. The number of hydrogen-bond donors (Lipinski definition) is 1. The molecule has 2 aliphatic heterocycles. The molecule has 172 valence electrons. The number of halogens is 2. The zero-order valence-corrected chi connectivity index (χ0v) is 18.6. The first-order valence-electron chi connectivity index (χ1n) is 11.0. The molecule has 0 saturated carbocycles. The molecule has 1 amide bonds. The number of carbonyl (C=O) groups excluding carboxylic acids is 1. The van der Waals surface area contributed by atoms with Crippen molar-refractivity contribution in [3.05, 3.63) is 54.1 Å². The molecule has 2 aromatic rings. The van der Waals surface area contributed by atoms with Gasteiger partial charge in [0.2, 0.25) is 15.9 Å². The van der Waals surface area contributed by atoms with E-state index in [2.05, 4.69) is 10.2 Å². The van der Waals surface area contributed by atoms with E-state index < -0.39 is 21.7 Å². The standard InChI is InChI=1S/C23H27F2N3O3S/c24-18-4-7-20(8-5-18)32(30,31)28-14-10-17(11-15-28)23(29)26-21-16-19(25)6-9-22(21)27-12-2-1-3-13-27/h4-9,16-17H,1-3,10-15H2,(H,26,29). The van der Waals surface area contributed by atoms with Crippen LogP contribution < -0.4 is 10.2 Å². The van der Waals surface area contributed by atoms with E-state index in [0.717, 1.165) is 43.8 Å². The molecule has 2 saturated heterocycles. The van der Waals surface area contributed by atoms with Crippen LogP contribution in [0.25, 0.3) is 0 Å². The third kappa shape index (κ3) is 4.94. The molecule has 0 atom stereocenters. The van der Waals surface area contributed by atoms with E-state index in [0.29, 0.717) is 18.5 Å². The Morgan fingerprint density at radius 1 is 0.875 bits per heavy atom.